The minimum absolute atomic E-state index is 0. The van der Waals surface area contributed by atoms with Gasteiger partial charge >= 0.3 is 0 Å². The molecule has 124 valence electrons. The van der Waals surface area contributed by atoms with Crippen LogP contribution in [0.2, 0.25) is 0 Å². The standard InChI is InChI=1S/C17H26N2O2.ClH/c1-2-20-14-4-6-15(7-5-14)21-10-9-19-11-13-3-8-17(18)16(13)12-19;/h4-7,13,16-17H,2-3,8-12,18H2,1H3;1H. The predicted octanol–water partition coefficient (Wildman–Crippen LogP) is 2.56. The lowest BCUT2D eigenvalue weighted by Gasteiger charge is -2.18. The average molecular weight is 327 g/mol. The largest absolute Gasteiger partial charge is 0.494 e. The van der Waals surface area contributed by atoms with Crippen LogP contribution >= 0.6 is 12.4 Å². The maximum absolute atomic E-state index is 6.17. The van der Waals surface area contributed by atoms with Crippen molar-refractivity contribution < 1.29 is 9.47 Å². The van der Waals surface area contributed by atoms with E-state index in [2.05, 4.69) is 4.90 Å². The monoisotopic (exact) mass is 326 g/mol. The molecule has 1 aliphatic carbocycles. The third-order valence-corrected chi connectivity index (χ3v) is 4.80. The van der Waals surface area contributed by atoms with Gasteiger partial charge in [0.25, 0.3) is 0 Å². The summed E-state index contributed by atoms with van der Waals surface area (Å²) in [6.07, 6.45) is 2.52. The molecule has 2 N–H and O–H groups in total. The first-order valence-corrected chi connectivity index (χ1v) is 8.10. The Morgan fingerprint density at radius 1 is 1.09 bits per heavy atom. The Balaban J connectivity index is 0.00000176. The second-order valence-corrected chi connectivity index (χ2v) is 6.18. The van der Waals surface area contributed by atoms with Crippen LogP contribution in [0.1, 0.15) is 19.8 Å². The topological polar surface area (TPSA) is 47.7 Å². The molecule has 4 nitrogen and oxygen atoms in total. The highest BCUT2D eigenvalue weighted by atomic mass is 35.5. The van der Waals surface area contributed by atoms with E-state index in [4.69, 9.17) is 15.2 Å². The summed E-state index contributed by atoms with van der Waals surface area (Å²) in [4.78, 5) is 2.50. The van der Waals surface area contributed by atoms with E-state index in [-0.39, 0.29) is 12.4 Å². The van der Waals surface area contributed by atoms with Crippen molar-refractivity contribution in [3.63, 3.8) is 0 Å². The first-order chi connectivity index (χ1) is 10.3. The number of benzene rings is 1. The summed E-state index contributed by atoms with van der Waals surface area (Å²) in [5, 5.41) is 0. The summed E-state index contributed by atoms with van der Waals surface area (Å²) in [6, 6.07) is 8.28. The number of halogens is 1. The van der Waals surface area contributed by atoms with Crippen molar-refractivity contribution in [2.24, 2.45) is 17.6 Å². The fourth-order valence-corrected chi connectivity index (χ4v) is 3.67. The molecule has 0 spiro atoms. The Morgan fingerprint density at radius 2 is 1.77 bits per heavy atom. The first-order valence-electron chi connectivity index (χ1n) is 8.10. The van der Waals surface area contributed by atoms with E-state index in [9.17, 15) is 0 Å². The van der Waals surface area contributed by atoms with Gasteiger partial charge in [-0.1, -0.05) is 0 Å². The molecule has 22 heavy (non-hydrogen) atoms. The van der Waals surface area contributed by atoms with Crippen LogP contribution in [0, 0.1) is 11.8 Å². The maximum Gasteiger partial charge on any atom is 0.119 e. The Labute approximate surface area is 139 Å². The Hall–Kier alpha value is -0.970. The molecule has 5 heteroatoms. The highest BCUT2D eigenvalue weighted by Gasteiger charge is 2.40. The summed E-state index contributed by atoms with van der Waals surface area (Å²) < 4.78 is 11.2. The third-order valence-electron chi connectivity index (χ3n) is 4.80. The van der Waals surface area contributed by atoms with E-state index >= 15 is 0 Å². The van der Waals surface area contributed by atoms with Crippen molar-refractivity contribution in [3.8, 4) is 11.5 Å². The van der Waals surface area contributed by atoms with Gasteiger partial charge in [-0.05, 0) is 55.9 Å². The number of hydrogen-bond donors (Lipinski definition) is 1. The molecule has 2 fully saturated rings. The van der Waals surface area contributed by atoms with Gasteiger partial charge in [-0.15, -0.1) is 12.4 Å². The molecule has 0 aromatic heterocycles. The summed E-state index contributed by atoms with van der Waals surface area (Å²) >= 11 is 0. The predicted molar refractivity (Wildman–Crippen MR) is 91.0 cm³/mol. The van der Waals surface area contributed by atoms with E-state index in [1.54, 1.807) is 0 Å². The van der Waals surface area contributed by atoms with Crippen LogP contribution in [0.25, 0.3) is 0 Å². The van der Waals surface area contributed by atoms with Gasteiger partial charge in [-0.25, -0.2) is 0 Å². The van der Waals surface area contributed by atoms with Gasteiger partial charge in [0, 0.05) is 25.7 Å². The molecule has 0 radical (unpaired) electrons. The van der Waals surface area contributed by atoms with Crippen LogP contribution in [0.4, 0.5) is 0 Å². The summed E-state index contributed by atoms with van der Waals surface area (Å²) in [7, 11) is 0. The Bertz CT molecular complexity index is 454. The molecule has 1 aromatic rings. The van der Waals surface area contributed by atoms with Gasteiger partial charge in [0.1, 0.15) is 18.1 Å². The van der Waals surface area contributed by atoms with Crippen LogP contribution in [0.15, 0.2) is 24.3 Å². The Morgan fingerprint density at radius 3 is 2.41 bits per heavy atom. The van der Waals surface area contributed by atoms with Gasteiger partial charge in [-0.2, -0.15) is 0 Å². The summed E-state index contributed by atoms with van der Waals surface area (Å²) in [5.74, 6) is 3.35. The zero-order valence-electron chi connectivity index (χ0n) is 13.2. The quantitative estimate of drug-likeness (QED) is 0.872. The lowest BCUT2D eigenvalue weighted by Crippen LogP contribution is -2.32. The third kappa shape index (κ3) is 4.06. The van der Waals surface area contributed by atoms with Crippen LogP contribution < -0.4 is 15.2 Å². The van der Waals surface area contributed by atoms with Gasteiger partial charge in [0.05, 0.1) is 6.61 Å². The molecular formula is C17H27ClN2O2. The van der Waals surface area contributed by atoms with Crippen molar-refractivity contribution in [2.45, 2.75) is 25.8 Å². The molecule has 1 saturated carbocycles. The number of nitrogens with two attached hydrogens (primary N) is 1. The van der Waals surface area contributed by atoms with Gasteiger partial charge in [0.2, 0.25) is 0 Å². The van der Waals surface area contributed by atoms with E-state index in [1.807, 2.05) is 31.2 Å². The molecule has 3 rings (SSSR count). The zero-order chi connectivity index (χ0) is 14.7. The molecule has 3 unspecified atom stereocenters. The lowest BCUT2D eigenvalue weighted by atomic mass is 9.98. The molecule has 2 aliphatic rings. The first kappa shape index (κ1) is 17.4. The summed E-state index contributed by atoms with van der Waals surface area (Å²) in [5.41, 5.74) is 6.17. The fraction of sp³-hybridized carbons (Fsp3) is 0.647. The number of likely N-dealkylation sites (tertiary alicyclic amines) is 1. The maximum atomic E-state index is 6.17. The van der Waals surface area contributed by atoms with E-state index < -0.39 is 0 Å². The van der Waals surface area contributed by atoms with Gasteiger partial charge in [0.15, 0.2) is 0 Å². The van der Waals surface area contributed by atoms with E-state index in [0.717, 1.165) is 43.0 Å². The van der Waals surface area contributed by atoms with Crippen LogP contribution in [-0.4, -0.2) is 43.8 Å². The zero-order valence-corrected chi connectivity index (χ0v) is 14.1. The molecular weight excluding hydrogens is 300 g/mol. The van der Waals surface area contributed by atoms with Crippen molar-refractivity contribution in [3.05, 3.63) is 24.3 Å². The molecule has 1 aliphatic heterocycles. The molecule has 3 atom stereocenters. The number of hydrogen-bond acceptors (Lipinski definition) is 4. The Kier molecular flexibility index (Phi) is 6.36. The van der Waals surface area contributed by atoms with Gasteiger partial charge < -0.3 is 15.2 Å². The smallest absolute Gasteiger partial charge is 0.119 e. The normalized spacial score (nSPS) is 27.3. The van der Waals surface area contributed by atoms with Crippen LogP contribution in [0.5, 0.6) is 11.5 Å². The van der Waals surface area contributed by atoms with E-state index in [1.165, 1.54) is 19.4 Å². The van der Waals surface area contributed by atoms with Crippen LogP contribution in [-0.2, 0) is 0 Å². The van der Waals surface area contributed by atoms with E-state index in [0.29, 0.717) is 12.6 Å². The van der Waals surface area contributed by atoms with Crippen molar-refractivity contribution in [2.75, 3.05) is 32.8 Å². The molecule has 1 heterocycles. The number of ether oxygens (including phenoxy) is 2. The molecule has 0 amide bonds. The van der Waals surface area contributed by atoms with Crippen LogP contribution in [0.3, 0.4) is 0 Å². The lowest BCUT2D eigenvalue weighted by molar-refractivity contribution is 0.225. The van der Waals surface area contributed by atoms with Gasteiger partial charge in [-0.3, -0.25) is 4.90 Å². The fourth-order valence-electron chi connectivity index (χ4n) is 3.67. The highest BCUT2D eigenvalue weighted by Crippen LogP contribution is 2.36. The van der Waals surface area contributed by atoms with Crippen molar-refractivity contribution in [1.82, 2.24) is 4.90 Å². The second kappa shape index (κ2) is 8.04. The highest BCUT2D eigenvalue weighted by molar-refractivity contribution is 5.85. The molecule has 0 bridgehead atoms. The van der Waals surface area contributed by atoms with Crippen molar-refractivity contribution in [1.29, 1.82) is 0 Å². The minimum atomic E-state index is 0. The van der Waals surface area contributed by atoms with Crippen molar-refractivity contribution >= 4 is 12.4 Å². The minimum Gasteiger partial charge on any atom is -0.494 e. The average Bonchev–Trinajstić information content (AvgIpc) is 3.04. The molecule has 1 aromatic carbocycles. The summed E-state index contributed by atoms with van der Waals surface area (Å²) in [6.45, 7) is 6.76. The number of nitrogens with zero attached hydrogens (tertiary/aromatic N) is 1. The molecule has 1 saturated heterocycles. The SMILES string of the molecule is CCOc1ccc(OCCN2CC3CCC(N)C3C2)cc1.Cl. The number of fused-ring (bicyclic) bond motifs is 1. The second-order valence-electron chi connectivity index (χ2n) is 6.18. The number of rotatable bonds is 6.